The highest BCUT2D eigenvalue weighted by atomic mass is 35.5. The van der Waals surface area contributed by atoms with Gasteiger partial charge in [0, 0.05) is 24.7 Å². The summed E-state index contributed by atoms with van der Waals surface area (Å²) in [6.45, 7) is 4.62. The van der Waals surface area contributed by atoms with E-state index in [1.807, 2.05) is 0 Å². The highest BCUT2D eigenvalue weighted by Gasteiger charge is 2.26. The van der Waals surface area contributed by atoms with Gasteiger partial charge in [0.2, 0.25) is 11.6 Å². The molecular weight excluding hydrogens is 464 g/mol. The summed E-state index contributed by atoms with van der Waals surface area (Å²) in [4.78, 5) is 21.5. The number of hydrogen-bond donors (Lipinski definition) is 0. The van der Waals surface area contributed by atoms with Gasteiger partial charge in [0.15, 0.2) is 11.5 Å². The van der Waals surface area contributed by atoms with E-state index >= 15 is 0 Å². The average molecular weight is 487 g/mol. The molecule has 0 N–H and O–H groups in total. The van der Waals surface area contributed by atoms with Crippen LogP contribution in [0.3, 0.4) is 0 Å². The van der Waals surface area contributed by atoms with Crippen LogP contribution in [0, 0.1) is 10.1 Å². The lowest BCUT2D eigenvalue weighted by molar-refractivity contribution is -0.384. The van der Waals surface area contributed by atoms with E-state index in [0.717, 1.165) is 26.1 Å². The number of halogens is 1. The van der Waals surface area contributed by atoms with Gasteiger partial charge in [0.05, 0.1) is 17.0 Å². The van der Waals surface area contributed by atoms with Gasteiger partial charge in [-0.1, -0.05) is 11.6 Å². The van der Waals surface area contributed by atoms with Crippen LogP contribution in [0.25, 0.3) is 10.9 Å². The molecule has 0 spiro atoms. The molecule has 2 aliphatic heterocycles. The fourth-order valence-electron chi connectivity index (χ4n) is 4.15. The molecule has 3 aromatic rings. The molecule has 10 nitrogen and oxygen atoms in total. The molecule has 5 rings (SSSR count). The summed E-state index contributed by atoms with van der Waals surface area (Å²) in [7, 11) is 0. The Morgan fingerprint density at radius 1 is 1.12 bits per heavy atom. The van der Waals surface area contributed by atoms with Crippen LogP contribution in [0.1, 0.15) is 19.3 Å². The van der Waals surface area contributed by atoms with Gasteiger partial charge in [0.25, 0.3) is 5.69 Å². The molecule has 0 saturated carbocycles. The molecule has 0 unspecified atom stereocenters. The molecule has 2 aromatic carbocycles. The van der Waals surface area contributed by atoms with E-state index in [9.17, 15) is 10.1 Å². The van der Waals surface area contributed by atoms with Crippen LogP contribution in [0.5, 0.6) is 28.9 Å². The number of aromatic nitrogens is 2. The van der Waals surface area contributed by atoms with E-state index in [1.165, 1.54) is 37.4 Å². The van der Waals surface area contributed by atoms with Crippen molar-refractivity contribution < 1.29 is 23.9 Å². The molecular formula is C23H23ClN4O6. The third kappa shape index (κ3) is 4.64. The molecule has 178 valence electrons. The zero-order valence-electron chi connectivity index (χ0n) is 18.4. The lowest BCUT2D eigenvalue weighted by Crippen LogP contribution is -2.22. The summed E-state index contributed by atoms with van der Waals surface area (Å²) in [6.07, 6.45) is 4.81. The zero-order valence-corrected chi connectivity index (χ0v) is 19.1. The monoisotopic (exact) mass is 486 g/mol. The van der Waals surface area contributed by atoms with E-state index in [1.54, 1.807) is 6.07 Å². The molecule has 1 aromatic heterocycles. The number of hydrogen-bond acceptors (Lipinski definition) is 9. The van der Waals surface area contributed by atoms with Crippen LogP contribution in [-0.4, -0.2) is 59.2 Å². The van der Waals surface area contributed by atoms with E-state index in [0.29, 0.717) is 53.7 Å². The van der Waals surface area contributed by atoms with Gasteiger partial charge in [-0.05, 0) is 38.4 Å². The number of likely N-dealkylation sites (tertiary alicyclic amines) is 1. The number of rotatable bonds is 8. The molecule has 3 heterocycles. The second-order valence-corrected chi connectivity index (χ2v) is 8.43. The number of nitrogens with zero attached hydrogens (tertiary/aromatic N) is 4. The first-order valence-electron chi connectivity index (χ1n) is 11.1. The maximum atomic E-state index is 11.0. The van der Waals surface area contributed by atoms with Crippen LogP contribution >= 0.6 is 11.6 Å². The number of nitro groups is 1. The summed E-state index contributed by atoms with van der Waals surface area (Å²) in [5.74, 6) is 2.01. The maximum Gasteiger partial charge on any atom is 0.288 e. The minimum absolute atomic E-state index is 0.0351. The molecule has 1 fully saturated rings. The lowest BCUT2D eigenvalue weighted by Gasteiger charge is -2.23. The lowest BCUT2D eigenvalue weighted by atomic mass is 10.1. The van der Waals surface area contributed by atoms with E-state index in [-0.39, 0.29) is 16.6 Å². The largest absolute Gasteiger partial charge is 0.489 e. The molecule has 0 bridgehead atoms. The normalized spacial score (nSPS) is 15.4. The Hall–Kier alpha value is -3.37. The topological polar surface area (TPSA) is 109 Å². The Labute approximate surface area is 200 Å². The third-order valence-electron chi connectivity index (χ3n) is 5.75. The molecule has 0 radical (unpaired) electrons. The predicted octanol–water partition coefficient (Wildman–Crippen LogP) is 4.62. The summed E-state index contributed by atoms with van der Waals surface area (Å²) in [6, 6.07) is 5.90. The number of ether oxygens (including phenoxy) is 4. The minimum Gasteiger partial charge on any atom is -0.489 e. The van der Waals surface area contributed by atoms with Crippen molar-refractivity contribution in [2.24, 2.45) is 0 Å². The quantitative estimate of drug-likeness (QED) is 0.256. The minimum atomic E-state index is -0.555. The van der Waals surface area contributed by atoms with Crippen LogP contribution < -0.4 is 18.9 Å². The fourth-order valence-corrected chi connectivity index (χ4v) is 4.39. The van der Waals surface area contributed by atoms with Crippen LogP contribution in [0.4, 0.5) is 5.69 Å². The fraction of sp³-hybridized carbons (Fsp3) is 0.391. The first-order chi connectivity index (χ1) is 16.6. The van der Waals surface area contributed by atoms with E-state index in [2.05, 4.69) is 14.9 Å². The van der Waals surface area contributed by atoms with Gasteiger partial charge in [-0.3, -0.25) is 10.1 Å². The smallest absolute Gasteiger partial charge is 0.288 e. The Balaban J connectivity index is 1.42. The van der Waals surface area contributed by atoms with Gasteiger partial charge in [0.1, 0.15) is 35.7 Å². The van der Waals surface area contributed by atoms with Crippen molar-refractivity contribution in [3.8, 4) is 28.9 Å². The Bertz CT molecular complexity index is 1220. The molecule has 2 aliphatic rings. The second-order valence-electron chi connectivity index (χ2n) is 8.03. The summed E-state index contributed by atoms with van der Waals surface area (Å²) in [5.41, 5.74) is 0.360. The van der Waals surface area contributed by atoms with Crippen molar-refractivity contribution in [1.29, 1.82) is 0 Å². The Kier molecular flexibility index (Phi) is 6.50. The van der Waals surface area contributed by atoms with Crippen LogP contribution in [-0.2, 0) is 0 Å². The maximum absolute atomic E-state index is 11.0. The molecule has 1 saturated heterocycles. The van der Waals surface area contributed by atoms with Crippen molar-refractivity contribution >= 4 is 28.2 Å². The number of benzene rings is 2. The summed E-state index contributed by atoms with van der Waals surface area (Å²) >= 11 is 6.03. The predicted molar refractivity (Wildman–Crippen MR) is 124 cm³/mol. The first-order valence-corrected chi connectivity index (χ1v) is 11.5. The van der Waals surface area contributed by atoms with Gasteiger partial charge >= 0.3 is 0 Å². The van der Waals surface area contributed by atoms with E-state index < -0.39 is 4.92 Å². The average Bonchev–Trinajstić information content (AvgIpc) is 3.35. The zero-order chi connectivity index (χ0) is 23.5. The highest BCUT2D eigenvalue weighted by molar-refractivity contribution is 6.32. The van der Waals surface area contributed by atoms with Crippen LogP contribution in [0.15, 0.2) is 30.6 Å². The van der Waals surface area contributed by atoms with Gasteiger partial charge in [-0.15, -0.1) is 0 Å². The van der Waals surface area contributed by atoms with Crippen molar-refractivity contribution in [1.82, 2.24) is 14.9 Å². The van der Waals surface area contributed by atoms with Crippen molar-refractivity contribution in [2.45, 2.75) is 19.3 Å². The molecule has 34 heavy (non-hydrogen) atoms. The SMILES string of the molecule is O=[N+]([O-])c1ccc(Oc2ncnc3cc(OCCCN4CCCC4)c4c(c23)OCCO4)cc1Cl. The first kappa shape index (κ1) is 22.4. The summed E-state index contributed by atoms with van der Waals surface area (Å²) < 4.78 is 23.8. The van der Waals surface area contributed by atoms with Gasteiger partial charge in [-0.25, -0.2) is 9.97 Å². The molecule has 11 heteroatoms. The van der Waals surface area contributed by atoms with Crippen molar-refractivity contribution in [3.63, 3.8) is 0 Å². The summed E-state index contributed by atoms with van der Waals surface area (Å²) in [5, 5.41) is 11.5. The molecule has 0 aliphatic carbocycles. The van der Waals surface area contributed by atoms with Gasteiger partial charge in [-0.2, -0.15) is 0 Å². The Morgan fingerprint density at radius 2 is 1.91 bits per heavy atom. The number of nitro benzene ring substituents is 1. The molecule has 0 amide bonds. The van der Waals surface area contributed by atoms with Gasteiger partial charge < -0.3 is 23.8 Å². The third-order valence-corrected chi connectivity index (χ3v) is 6.05. The van der Waals surface area contributed by atoms with E-state index in [4.69, 9.17) is 30.5 Å². The molecule has 0 atom stereocenters. The van der Waals surface area contributed by atoms with Crippen molar-refractivity contribution in [2.75, 3.05) is 39.5 Å². The number of fused-ring (bicyclic) bond motifs is 3. The highest BCUT2D eigenvalue weighted by Crippen LogP contribution is 2.48. The standard InChI is InChI=1S/C23H23ClN4O6/c24-16-12-15(4-5-18(16)28(29)30)34-23-20-17(25-14-26-23)13-19(21-22(20)33-11-10-32-21)31-9-3-8-27-6-1-2-7-27/h4-5,12-14H,1-3,6-11H2. The van der Waals surface area contributed by atoms with Crippen molar-refractivity contribution in [3.05, 3.63) is 45.7 Å². The Morgan fingerprint density at radius 3 is 2.68 bits per heavy atom. The van der Waals surface area contributed by atoms with Crippen LogP contribution in [0.2, 0.25) is 5.02 Å². The second kappa shape index (κ2) is 9.86.